The van der Waals surface area contributed by atoms with E-state index in [1.54, 1.807) is 0 Å². The smallest absolute Gasteiger partial charge is 0.306 e. The molecule has 0 radical (unpaired) electrons. The van der Waals surface area contributed by atoms with Crippen LogP contribution in [0.25, 0.3) is 0 Å². The lowest BCUT2D eigenvalue weighted by molar-refractivity contribution is -0.163. The molecule has 4 heteroatoms. The van der Waals surface area contributed by atoms with Gasteiger partial charge in [0.25, 0.3) is 0 Å². The molecule has 0 amide bonds. The van der Waals surface area contributed by atoms with E-state index < -0.39 is 5.60 Å². The van der Waals surface area contributed by atoms with Crippen molar-refractivity contribution in [1.82, 2.24) is 4.90 Å². The predicted octanol–water partition coefficient (Wildman–Crippen LogP) is 3.54. The molecule has 0 bridgehead atoms. The second kappa shape index (κ2) is 7.62. The molecule has 0 aliphatic carbocycles. The Morgan fingerprint density at radius 2 is 2.14 bits per heavy atom. The molecule has 1 aliphatic heterocycles. The number of hydrogen-bond acceptors (Lipinski definition) is 3. The van der Waals surface area contributed by atoms with Crippen molar-refractivity contribution < 1.29 is 9.53 Å². The normalized spacial score (nSPS) is 25.1. The van der Waals surface area contributed by atoms with Crippen LogP contribution in [-0.4, -0.2) is 30.0 Å². The van der Waals surface area contributed by atoms with Gasteiger partial charge in [-0.1, -0.05) is 43.3 Å². The monoisotopic (exact) mass is 309 g/mol. The molecule has 0 saturated carbocycles. The molecule has 2 unspecified atom stereocenters. The molecule has 21 heavy (non-hydrogen) atoms. The highest BCUT2D eigenvalue weighted by atomic mass is 35.5. The Bertz CT molecular complexity index is 477. The summed E-state index contributed by atoms with van der Waals surface area (Å²) in [6.07, 6.45) is 3.14. The molecule has 116 valence electrons. The SMILES string of the molecule is C=CCN1CCC(OC(=O)CC)(c2ccccc2)C1C.Cl. The Hall–Kier alpha value is -1.32. The van der Waals surface area contributed by atoms with Gasteiger partial charge in [0.15, 0.2) is 5.60 Å². The maximum absolute atomic E-state index is 11.9. The standard InChI is InChI=1S/C17H23NO2.ClH/c1-4-12-18-13-11-17(14(18)3,20-16(19)5-2)15-9-7-6-8-10-15;/h4,6-10,14H,1,5,11-13H2,2-3H3;1H. The van der Waals surface area contributed by atoms with E-state index in [-0.39, 0.29) is 24.4 Å². The number of likely N-dealkylation sites (tertiary alicyclic amines) is 1. The predicted molar refractivity (Wildman–Crippen MR) is 87.6 cm³/mol. The summed E-state index contributed by atoms with van der Waals surface area (Å²) in [6.45, 7) is 9.51. The van der Waals surface area contributed by atoms with Crippen molar-refractivity contribution in [3.63, 3.8) is 0 Å². The summed E-state index contributed by atoms with van der Waals surface area (Å²) < 4.78 is 5.91. The van der Waals surface area contributed by atoms with Crippen molar-refractivity contribution in [2.75, 3.05) is 13.1 Å². The minimum atomic E-state index is -0.530. The molecule has 1 aromatic carbocycles. The zero-order chi connectivity index (χ0) is 14.6. The first-order chi connectivity index (χ1) is 9.64. The Labute approximate surface area is 133 Å². The number of nitrogens with zero attached hydrogens (tertiary/aromatic N) is 1. The highest BCUT2D eigenvalue weighted by Gasteiger charge is 2.48. The van der Waals surface area contributed by atoms with Crippen LogP contribution < -0.4 is 0 Å². The van der Waals surface area contributed by atoms with Crippen LogP contribution in [-0.2, 0) is 15.1 Å². The number of ether oxygens (including phenoxy) is 1. The quantitative estimate of drug-likeness (QED) is 0.615. The Kier molecular flexibility index (Phi) is 6.43. The number of carbonyl (C=O) groups is 1. The molecule has 2 rings (SSSR count). The Morgan fingerprint density at radius 1 is 1.48 bits per heavy atom. The number of esters is 1. The van der Waals surface area contributed by atoms with Crippen LogP contribution in [0.5, 0.6) is 0 Å². The van der Waals surface area contributed by atoms with Gasteiger partial charge in [-0.2, -0.15) is 0 Å². The first-order valence-electron chi connectivity index (χ1n) is 7.26. The van der Waals surface area contributed by atoms with Crippen molar-refractivity contribution in [2.45, 2.75) is 38.3 Å². The molecule has 1 saturated heterocycles. The zero-order valence-corrected chi connectivity index (χ0v) is 13.6. The lowest BCUT2D eigenvalue weighted by Crippen LogP contribution is -2.43. The zero-order valence-electron chi connectivity index (χ0n) is 12.7. The van der Waals surface area contributed by atoms with Crippen molar-refractivity contribution in [1.29, 1.82) is 0 Å². The molecule has 0 N–H and O–H groups in total. The molecule has 3 nitrogen and oxygen atoms in total. The van der Waals surface area contributed by atoms with Crippen LogP contribution in [0, 0.1) is 0 Å². The summed E-state index contributed by atoms with van der Waals surface area (Å²) in [7, 11) is 0. The van der Waals surface area contributed by atoms with Gasteiger partial charge in [0, 0.05) is 25.9 Å². The maximum Gasteiger partial charge on any atom is 0.306 e. The highest BCUT2D eigenvalue weighted by molar-refractivity contribution is 5.85. The molecular weight excluding hydrogens is 286 g/mol. The second-order valence-corrected chi connectivity index (χ2v) is 5.29. The van der Waals surface area contributed by atoms with Crippen molar-refractivity contribution in [3.05, 3.63) is 48.6 Å². The third-order valence-electron chi connectivity index (χ3n) is 4.20. The largest absolute Gasteiger partial charge is 0.452 e. The summed E-state index contributed by atoms with van der Waals surface area (Å²) in [4.78, 5) is 14.2. The summed E-state index contributed by atoms with van der Waals surface area (Å²) in [5.41, 5.74) is 0.554. The Balaban J connectivity index is 0.00000220. The van der Waals surface area contributed by atoms with Crippen LogP contribution in [0.4, 0.5) is 0 Å². The van der Waals surface area contributed by atoms with Crippen molar-refractivity contribution >= 4 is 18.4 Å². The highest BCUT2D eigenvalue weighted by Crippen LogP contribution is 2.41. The molecule has 1 aliphatic rings. The van der Waals surface area contributed by atoms with Gasteiger partial charge < -0.3 is 4.74 Å². The first kappa shape index (κ1) is 17.7. The van der Waals surface area contributed by atoms with E-state index >= 15 is 0 Å². The van der Waals surface area contributed by atoms with Crippen LogP contribution in [0.1, 0.15) is 32.3 Å². The number of hydrogen-bond donors (Lipinski definition) is 0. The van der Waals surface area contributed by atoms with E-state index in [0.717, 1.165) is 25.1 Å². The topological polar surface area (TPSA) is 29.5 Å². The fourth-order valence-corrected chi connectivity index (χ4v) is 3.00. The molecule has 1 heterocycles. The van der Waals surface area contributed by atoms with Gasteiger partial charge >= 0.3 is 5.97 Å². The summed E-state index contributed by atoms with van der Waals surface area (Å²) in [5.74, 6) is -0.138. The lowest BCUT2D eigenvalue weighted by atomic mass is 9.87. The maximum atomic E-state index is 11.9. The molecule has 0 aromatic heterocycles. The van der Waals surface area contributed by atoms with Crippen LogP contribution in [0.2, 0.25) is 0 Å². The van der Waals surface area contributed by atoms with Gasteiger partial charge in [-0.3, -0.25) is 9.69 Å². The van der Waals surface area contributed by atoms with E-state index in [9.17, 15) is 4.79 Å². The van der Waals surface area contributed by atoms with Gasteiger partial charge in [-0.05, 0) is 12.5 Å². The van der Waals surface area contributed by atoms with Gasteiger partial charge in [0.05, 0.1) is 6.04 Å². The van der Waals surface area contributed by atoms with E-state index in [1.165, 1.54) is 0 Å². The van der Waals surface area contributed by atoms with E-state index in [0.29, 0.717) is 6.42 Å². The molecule has 2 atom stereocenters. The summed E-state index contributed by atoms with van der Waals surface area (Å²) >= 11 is 0. The van der Waals surface area contributed by atoms with Gasteiger partial charge in [-0.25, -0.2) is 0 Å². The molecule has 1 aromatic rings. The van der Waals surface area contributed by atoms with Crippen molar-refractivity contribution in [3.8, 4) is 0 Å². The fourth-order valence-electron chi connectivity index (χ4n) is 3.00. The minimum Gasteiger partial charge on any atom is -0.452 e. The lowest BCUT2D eigenvalue weighted by Gasteiger charge is -2.36. The Morgan fingerprint density at radius 3 is 2.71 bits per heavy atom. The van der Waals surface area contributed by atoms with Crippen LogP contribution in [0.15, 0.2) is 43.0 Å². The molecule has 1 fully saturated rings. The number of benzene rings is 1. The summed E-state index contributed by atoms with van der Waals surface area (Å²) in [6, 6.07) is 10.2. The van der Waals surface area contributed by atoms with Gasteiger partial charge in [-0.15, -0.1) is 19.0 Å². The molecule has 0 spiro atoms. The molecular formula is C17H24ClNO2. The van der Waals surface area contributed by atoms with E-state index in [4.69, 9.17) is 4.74 Å². The fraction of sp³-hybridized carbons (Fsp3) is 0.471. The number of halogens is 1. The average Bonchev–Trinajstić information content (AvgIpc) is 2.79. The van der Waals surface area contributed by atoms with Crippen molar-refractivity contribution in [2.24, 2.45) is 0 Å². The minimum absolute atomic E-state index is 0. The first-order valence-corrected chi connectivity index (χ1v) is 7.26. The average molecular weight is 310 g/mol. The van der Waals surface area contributed by atoms with Crippen LogP contribution in [0.3, 0.4) is 0 Å². The number of carbonyl (C=O) groups excluding carboxylic acids is 1. The summed E-state index contributed by atoms with van der Waals surface area (Å²) in [5, 5.41) is 0. The number of rotatable bonds is 5. The van der Waals surface area contributed by atoms with Gasteiger partial charge in [0.1, 0.15) is 0 Å². The van der Waals surface area contributed by atoms with E-state index in [2.05, 4.69) is 30.5 Å². The van der Waals surface area contributed by atoms with Gasteiger partial charge in [0.2, 0.25) is 0 Å². The van der Waals surface area contributed by atoms with Crippen LogP contribution >= 0.6 is 12.4 Å². The third kappa shape index (κ3) is 3.47. The van der Waals surface area contributed by atoms with E-state index in [1.807, 2.05) is 31.2 Å². The second-order valence-electron chi connectivity index (χ2n) is 5.29. The third-order valence-corrected chi connectivity index (χ3v) is 4.20.